The largest absolute Gasteiger partial charge is 0.145 e. The van der Waals surface area contributed by atoms with Crippen LogP contribution in [-0.2, 0) is 0 Å². The molecule has 1 aliphatic carbocycles. The van der Waals surface area contributed by atoms with Crippen LogP contribution in [0.1, 0.15) is 15.7 Å². The Morgan fingerprint density at radius 3 is 2.45 bits per heavy atom. The highest BCUT2D eigenvalue weighted by atomic mass is 32.1. The van der Waals surface area contributed by atoms with Gasteiger partial charge < -0.3 is 0 Å². The summed E-state index contributed by atoms with van der Waals surface area (Å²) < 4.78 is 0. The van der Waals surface area contributed by atoms with Gasteiger partial charge >= 0.3 is 0 Å². The Morgan fingerprint density at radius 1 is 1.18 bits per heavy atom. The number of rotatable bonds is 1. The molecule has 0 aliphatic heterocycles. The third kappa shape index (κ3) is 1.29. The second-order valence-corrected chi connectivity index (χ2v) is 4.06. The maximum atomic E-state index is 2.23. The summed E-state index contributed by atoms with van der Waals surface area (Å²) in [7, 11) is 0. The van der Waals surface area contributed by atoms with Gasteiger partial charge in [0.1, 0.15) is 0 Å². The molecule has 0 radical (unpaired) electrons. The van der Waals surface area contributed by atoms with E-state index in [0.717, 1.165) is 0 Å². The zero-order valence-corrected chi connectivity index (χ0v) is 7.27. The van der Waals surface area contributed by atoms with Crippen molar-refractivity contribution in [3.8, 4) is 0 Å². The van der Waals surface area contributed by atoms with Crippen LogP contribution in [0.5, 0.6) is 0 Å². The molecule has 0 N–H and O–H groups in total. The molecule has 0 amide bonds. The molecule has 0 fully saturated rings. The van der Waals surface area contributed by atoms with Crippen molar-refractivity contribution in [1.29, 1.82) is 0 Å². The molecule has 0 aromatic carbocycles. The molecule has 0 bridgehead atoms. The average Bonchev–Trinajstić information content (AvgIpc) is 2.55. The topological polar surface area (TPSA) is 0 Å². The van der Waals surface area contributed by atoms with Gasteiger partial charge in [0.2, 0.25) is 0 Å². The highest BCUT2D eigenvalue weighted by Crippen LogP contribution is 2.28. The Labute approximate surface area is 70.9 Å². The fourth-order valence-corrected chi connectivity index (χ4v) is 2.19. The summed E-state index contributed by atoms with van der Waals surface area (Å²) in [6, 6.07) is 4.39. The summed E-state index contributed by atoms with van der Waals surface area (Å²) in [6.45, 7) is 2.15. The van der Waals surface area contributed by atoms with Crippen LogP contribution in [0.15, 0.2) is 36.4 Å². The van der Waals surface area contributed by atoms with Crippen molar-refractivity contribution >= 4 is 11.3 Å². The fourth-order valence-electron chi connectivity index (χ4n) is 1.25. The normalized spacial score (nSPS) is 16.5. The minimum Gasteiger partial charge on any atom is -0.145 e. The van der Waals surface area contributed by atoms with E-state index in [1.165, 1.54) is 9.75 Å². The number of hydrogen-bond acceptors (Lipinski definition) is 1. The molecule has 0 spiro atoms. The number of thiophene rings is 1. The van der Waals surface area contributed by atoms with Gasteiger partial charge in [-0.15, -0.1) is 11.3 Å². The Balaban J connectivity index is 2.29. The standard InChI is InChI=1S/C10H10S/c1-8-6-7-10(11-8)9-4-2-3-5-9/h2-7,9H,1H3. The van der Waals surface area contributed by atoms with Crippen LogP contribution in [-0.4, -0.2) is 0 Å². The summed E-state index contributed by atoms with van der Waals surface area (Å²) in [5, 5.41) is 0. The van der Waals surface area contributed by atoms with E-state index in [-0.39, 0.29) is 0 Å². The second-order valence-electron chi connectivity index (χ2n) is 2.74. The van der Waals surface area contributed by atoms with Crippen molar-refractivity contribution in [3.63, 3.8) is 0 Å². The van der Waals surface area contributed by atoms with Crippen molar-refractivity contribution in [2.45, 2.75) is 12.8 Å². The van der Waals surface area contributed by atoms with Gasteiger partial charge in [0.05, 0.1) is 0 Å². The lowest BCUT2D eigenvalue weighted by Crippen LogP contribution is -1.80. The predicted molar refractivity (Wildman–Crippen MR) is 50.1 cm³/mol. The average molecular weight is 162 g/mol. The lowest BCUT2D eigenvalue weighted by atomic mass is 10.1. The Morgan fingerprint density at radius 2 is 1.91 bits per heavy atom. The van der Waals surface area contributed by atoms with Gasteiger partial charge in [-0.1, -0.05) is 24.3 Å². The third-order valence-electron chi connectivity index (χ3n) is 1.84. The molecule has 1 heteroatoms. The third-order valence-corrected chi connectivity index (χ3v) is 2.94. The van der Waals surface area contributed by atoms with E-state index >= 15 is 0 Å². The Kier molecular flexibility index (Phi) is 1.66. The molecule has 1 heterocycles. The van der Waals surface area contributed by atoms with Gasteiger partial charge in [0.15, 0.2) is 0 Å². The molecule has 1 aliphatic rings. The van der Waals surface area contributed by atoms with E-state index in [2.05, 4.69) is 43.4 Å². The van der Waals surface area contributed by atoms with E-state index in [1.807, 2.05) is 11.3 Å². The monoisotopic (exact) mass is 162 g/mol. The predicted octanol–water partition coefficient (Wildman–Crippen LogP) is 3.27. The van der Waals surface area contributed by atoms with Crippen LogP contribution >= 0.6 is 11.3 Å². The first-order valence-electron chi connectivity index (χ1n) is 3.77. The first-order chi connectivity index (χ1) is 5.36. The summed E-state index contributed by atoms with van der Waals surface area (Å²) in [6.07, 6.45) is 8.68. The minimum absolute atomic E-state index is 0.550. The van der Waals surface area contributed by atoms with Gasteiger partial charge in [-0.25, -0.2) is 0 Å². The van der Waals surface area contributed by atoms with Crippen molar-refractivity contribution in [3.05, 3.63) is 46.2 Å². The fraction of sp³-hybridized carbons (Fsp3) is 0.200. The summed E-state index contributed by atoms with van der Waals surface area (Å²) in [5.74, 6) is 0.550. The molecular weight excluding hydrogens is 152 g/mol. The maximum Gasteiger partial charge on any atom is 0.0299 e. The van der Waals surface area contributed by atoms with Crippen LogP contribution in [0.3, 0.4) is 0 Å². The molecular formula is C10H10S. The van der Waals surface area contributed by atoms with Crippen LogP contribution in [0.2, 0.25) is 0 Å². The Hall–Kier alpha value is -0.820. The van der Waals surface area contributed by atoms with Gasteiger partial charge in [-0.05, 0) is 19.1 Å². The first-order valence-corrected chi connectivity index (χ1v) is 4.59. The first kappa shape index (κ1) is 6.86. The summed E-state index contributed by atoms with van der Waals surface area (Å²) in [4.78, 5) is 2.85. The van der Waals surface area contributed by atoms with E-state index in [1.54, 1.807) is 0 Å². The molecule has 1 aromatic heterocycles. The highest BCUT2D eigenvalue weighted by Gasteiger charge is 2.07. The lowest BCUT2D eigenvalue weighted by Gasteiger charge is -1.98. The maximum absolute atomic E-state index is 2.23. The smallest absolute Gasteiger partial charge is 0.0299 e. The van der Waals surface area contributed by atoms with E-state index in [4.69, 9.17) is 0 Å². The lowest BCUT2D eigenvalue weighted by molar-refractivity contribution is 1.15. The zero-order chi connectivity index (χ0) is 7.68. The van der Waals surface area contributed by atoms with Gasteiger partial charge in [-0.3, -0.25) is 0 Å². The van der Waals surface area contributed by atoms with Gasteiger partial charge in [-0.2, -0.15) is 0 Å². The quantitative estimate of drug-likeness (QED) is 0.594. The van der Waals surface area contributed by atoms with Crippen LogP contribution < -0.4 is 0 Å². The number of aryl methyl sites for hydroxylation is 1. The SMILES string of the molecule is Cc1ccc(C2C=CC=C2)s1. The number of allylic oxidation sites excluding steroid dienone is 4. The van der Waals surface area contributed by atoms with Crippen molar-refractivity contribution < 1.29 is 0 Å². The molecule has 0 atom stereocenters. The molecule has 1 aromatic rings. The van der Waals surface area contributed by atoms with Gasteiger partial charge in [0.25, 0.3) is 0 Å². The summed E-state index contributed by atoms with van der Waals surface area (Å²) >= 11 is 1.88. The molecule has 0 unspecified atom stereocenters. The molecule has 0 saturated heterocycles. The van der Waals surface area contributed by atoms with Crippen LogP contribution in [0, 0.1) is 6.92 Å². The van der Waals surface area contributed by atoms with Crippen LogP contribution in [0.4, 0.5) is 0 Å². The van der Waals surface area contributed by atoms with E-state index in [0.29, 0.717) is 5.92 Å². The van der Waals surface area contributed by atoms with E-state index < -0.39 is 0 Å². The zero-order valence-electron chi connectivity index (χ0n) is 6.45. The van der Waals surface area contributed by atoms with Crippen molar-refractivity contribution in [2.75, 3.05) is 0 Å². The minimum atomic E-state index is 0.550. The molecule has 0 saturated carbocycles. The van der Waals surface area contributed by atoms with E-state index in [9.17, 15) is 0 Å². The highest BCUT2D eigenvalue weighted by molar-refractivity contribution is 7.12. The molecule has 11 heavy (non-hydrogen) atoms. The van der Waals surface area contributed by atoms with Crippen molar-refractivity contribution in [2.24, 2.45) is 0 Å². The molecule has 56 valence electrons. The van der Waals surface area contributed by atoms with Crippen molar-refractivity contribution in [1.82, 2.24) is 0 Å². The second kappa shape index (κ2) is 2.67. The summed E-state index contributed by atoms with van der Waals surface area (Å²) in [5.41, 5.74) is 0. The Bertz CT molecular complexity index is 292. The van der Waals surface area contributed by atoms with Gasteiger partial charge in [0, 0.05) is 15.7 Å². The molecule has 0 nitrogen and oxygen atoms in total. The van der Waals surface area contributed by atoms with Crippen LogP contribution in [0.25, 0.3) is 0 Å². The number of hydrogen-bond donors (Lipinski definition) is 0. The molecule has 2 rings (SSSR count).